The molecule has 3 aliphatic heterocycles. The van der Waals surface area contributed by atoms with Crippen LogP contribution in [0.1, 0.15) is 72.8 Å². The second-order valence-electron chi connectivity index (χ2n) is 14.5. The van der Waals surface area contributed by atoms with Gasteiger partial charge in [-0.2, -0.15) is 0 Å². The van der Waals surface area contributed by atoms with E-state index in [2.05, 4.69) is 23.5 Å². The second-order valence-corrected chi connectivity index (χ2v) is 14.5. The Morgan fingerprint density at radius 3 is 2.23 bits per heavy atom. The minimum absolute atomic E-state index is 0.0617. The molecule has 9 heteroatoms. The van der Waals surface area contributed by atoms with Crippen LogP contribution in [-0.2, 0) is 20.7 Å². The van der Waals surface area contributed by atoms with Gasteiger partial charge in [0.1, 0.15) is 17.0 Å². The first-order chi connectivity index (χ1) is 20.7. The molecule has 2 saturated heterocycles. The molecular formula is C35H45N3O6. The Kier molecular flexibility index (Phi) is 8.75. The van der Waals surface area contributed by atoms with Crippen LogP contribution in [0.25, 0.3) is 11.1 Å². The predicted molar refractivity (Wildman–Crippen MR) is 167 cm³/mol. The lowest BCUT2D eigenvalue weighted by Crippen LogP contribution is -2.49. The molecule has 1 spiro atoms. The molecule has 0 radical (unpaired) electrons. The fourth-order valence-electron chi connectivity index (χ4n) is 5.86. The highest BCUT2D eigenvalue weighted by molar-refractivity contribution is 5.92. The Labute approximate surface area is 261 Å². The van der Waals surface area contributed by atoms with Crippen molar-refractivity contribution < 1.29 is 28.6 Å². The van der Waals surface area contributed by atoms with Crippen LogP contribution in [0.15, 0.2) is 30.3 Å². The van der Waals surface area contributed by atoms with Gasteiger partial charge in [0.05, 0.1) is 12.3 Å². The minimum atomic E-state index is -0.540. The molecule has 1 N–H and O–H groups in total. The maximum Gasteiger partial charge on any atom is 0.410 e. The van der Waals surface area contributed by atoms with Crippen molar-refractivity contribution in [1.82, 2.24) is 9.80 Å². The molecule has 3 aliphatic rings. The number of rotatable bonds is 4. The molecule has 2 aromatic rings. The summed E-state index contributed by atoms with van der Waals surface area (Å²) < 4.78 is 17.4. The van der Waals surface area contributed by atoms with Gasteiger partial charge in [-0.1, -0.05) is 32.9 Å². The zero-order valence-corrected chi connectivity index (χ0v) is 26.9. The third-order valence-corrected chi connectivity index (χ3v) is 8.30. The van der Waals surface area contributed by atoms with Crippen LogP contribution >= 0.6 is 0 Å². The van der Waals surface area contributed by atoms with Crippen LogP contribution in [0, 0.1) is 23.5 Å². The monoisotopic (exact) mass is 603 g/mol. The maximum absolute atomic E-state index is 12.9. The van der Waals surface area contributed by atoms with Crippen LogP contribution in [0.2, 0.25) is 0 Å². The zero-order valence-electron chi connectivity index (χ0n) is 26.9. The molecule has 0 atom stereocenters. The molecule has 0 bridgehead atoms. The van der Waals surface area contributed by atoms with Gasteiger partial charge >= 0.3 is 12.2 Å². The van der Waals surface area contributed by atoms with Crippen LogP contribution in [0.3, 0.4) is 0 Å². The average Bonchev–Trinajstić information content (AvgIpc) is 3.32. The summed E-state index contributed by atoms with van der Waals surface area (Å²) in [6.45, 7) is 14.3. The number of hydrogen-bond acceptors (Lipinski definition) is 6. The predicted octanol–water partition coefficient (Wildman–Crippen LogP) is 6.49. The number of amides is 3. The second kappa shape index (κ2) is 12.2. The van der Waals surface area contributed by atoms with Crippen LogP contribution in [0.5, 0.6) is 5.75 Å². The lowest BCUT2D eigenvalue weighted by Gasteiger charge is -2.38. The zero-order chi connectivity index (χ0) is 31.7. The van der Waals surface area contributed by atoms with E-state index in [1.807, 2.05) is 65.8 Å². The van der Waals surface area contributed by atoms with Gasteiger partial charge in [0, 0.05) is 56.9 Å². The van der Waals surface area contributed by atoms with Crippen LogP contribution < -0.4 is 10.1 Å². The van der Waals surface area contributed by atoms with Gasteiger partial charge in [-0.25, -0.2) is 9.59 Å². The summed E-state index contributed by atoms with van der Waals surface area (Å²) in [4.78, 5) is 41.2. The molecule has 0 unspecified atom stereocenters. The molecule has 9 nitrogen and oxygen atoms in total. The maximum atomic E-state index is 12.9. The van der Waals surface area contributed by atoms with Crippen molar-refractivity contribution in [1.29, 1.82) is 0 Å². The largest absolute Gasteiger partial charge is 0.487 e. The van der Waals surface area contributed by atoms with Gasteiger partial charge in [0.15, 0.2) is 0 Å². The lowest BCUT2D eigenvalue weighted by molar-refractivity contribution is -0.121. The Morgan fingerprint density at radius 1 is 0.932 bits per heavy atom. The number of carbonyl (C=O) groups is 3. The highest BCUT2D eigenvalue weighted by Gasteiger charge is 2.43. The van der Waals surface area contributed by atoms with Crippen molar-refractivity contribution >= 4 is 23.8 Å². The number of piperidine rings is 2. The molecule has 2 fully saturated rings. The lowest BCUT2D eigenvalue weighted by atomic mass is 9.87. The topological polar surface area (TPSA) is 97.4 Å². The number of fused-ring (bicyclic) bond motifs is 1. The Hall–Kier alpha value is -3.93. The van der Waals surface area contributed by atoms with E-state index < -0.39 is 5.60 Å². The van der Waals surface area contributed by atoms with Crippen molar-refractivity contribution in [3.63, 3.8) is 0 Å². The first-order valence-corrected chi connectivity index (χ1v) is 15.7. The van der Waals surface area contributed by atoms with E-state index >= 15 is 0 Å². The van der Waals surface area contributed by atoms with Crippen molar-refractivity contribution in [2.24, 2.45) is 11.3 Å². The minimum Gasteiger partial charge on any atom is -0.487 e. The van der Waals surface area contributed by atoms with Crippen molar-refractivity contribution in [2.45, 2.75) is 84.8 Å². The van der Waals surface area contributed by atoms with Gasteiger partial charge in [0.25, 0.3) is 0 Å². The molecule has 0 aromatic heterocycles. The summed E-state index contributed by atoms with van der Waals surface area (Å²) in [6, 6.07) is 16.3. The quantitative estimate of drug-likeness (QED) is 0.429. The van der Waals surface area contributed by atoms with Gasteiger partial charge in [0.2, 0.25) is 5.91 Å². The van der Waals surface area contributed by atoms with Gasteiger partial charge in [-0.15, -0.1) is 0 Å². The SMILES string of the molecule is CC(C)(C)COC(=O)N1CCC2(CC1)Cc1cc(-c3c#cc(NC(=O)C4CCN(C(=O)OC(C)(C)C)CC4)cc3)ccc1O2. The van der Waals surface area contributed by atoms with Gasteiger partial charge in [-0.3, -0.25) is 4.79 Å². The van der Waals surface area contributed by atoms with E-state index in [4.69, 9.17) is 14.2 Å². The third kappa shape index (κ3) is 7.77. The summed E-state index contributed by atoms with van der Waals surface area (Å²) in [5.74, 6) is 0.648. The summed E-state index contributed by atoms with van der Waals surface area (Å²) in [5.41, 5.74) is 2.72. The van der Waals surface area contributed by atoms with E-state index in [0.717, 1.165) is 41.7 Å². The number of anilines is 1. The van der Waals surface area contributed by atoms with Crippen LogP contribution in [0.4, 0.5) is 15.3 Å². The number of benzene rings is 1. The van der Waals surface area contributed by atoms with Crippen LogP contribution in [-0.4, -0.2) is 71.9 Å². The Morgan fingerprint density at radius 2 is 1.61 bits per heavy atom. The van der Waals surface area contributed by atoms with Crippen molar-refractivity contribution in [3.8, 4) is 16.9 Å². The van der Waals surface area contributed by atoms with Gasteiger partial charge < -0.3 is 29.3 Å². The summed E-state index contributed by atoms with van der Waals surface area (Å²) in [5, 5.41) is 2.96. The first kappa shape index (κ1) is 31.5. The highest BCUT2D eigenvalue weighted by atomic mass is 16.6. The molecule has 0 aliphatic carbocycles. The molecule has 44 heavy (non-hydrogen) atoms. The summed E-state index contributed by atoms with van der Waals surface area (Å²) in [7, 11) is 0. The van der Waals surface area contributed by atoms with Crippen molar-refractivity contribution in [3.05, 3.63) is 48.0 Å². The van der Waals surface area contributed by atoms with E-state index in [0.29, 0.717) is 51.3 Å². The third-order valence-electron chi connectivity index (χ3n) is 8.30. The average molecular weight is 604 g/mol. The first-order valence-electron chi connectivity index (χ1n) is 15.7. The van der Waals surface area contributed by atoms with E-state index in [1.54, 1.807) is 9.80 Å². The number of hydrogen-bond donors (Lipinski definition) is 1. The molecular weight excluding hydrogens is 558 g/mol. The van der Waals surface area contributed by atoms with Crippen molar-refractivity contribution in [2.75, 3.05) is 38.1 Å². The fourth-order valence-corrected chi connectivity index (χ4v) is 5.86. The Balaban J connectivity index is 1.12. The standard InChI is InChI=1S/C35H45N3O6/c1-33(2,3)23-42-31(40)38-19-15-35(16-20-38)22-27-21-26(9-12-29(27)43-35)24-7-10-28(11-8-24)36-30(39)25-13-17-37(18-14-25)32(41)44-34(4,5)6/h7,9-10,12,21,25H,13-20,22-23H2,1-6H3,(H,36,39). The Bertz CT molecular complexity index is 1360. The highest BCUT2D eigenvalue weighted by Crippen LogP contribution is 2.42. The normalized spacial score (nSPS) is 18.2. The number of nitrogens with one attached hydrogen (secondary N) is 1. The van der Waals surface area contributed by atoms with Gasteiger partial charge in [-0.05, 0) is 80.5 Å². The molecule has 3 amide bonds. The van der Waals surface area contributed by atoms with E-state index in [-0.39, 0.29) is 35.0 Å². The summed E-state index contributed by atoms with van der Waals surface area (Å²) >= 11 is 0. The number of nitrogens with zero attached hydrogens (tertiary/aromatic N) is 2. The fraction of sp³-hybridized carbons (Fsp3) is 0.571. The molecule has 0 saturated carbocycles. The molecule has 2 aromatic carbocycles. The number of likely N-dealkylation sites (tertiary alicyclic amines) is 2. The molecule has 5 rings (SSSR count). The van der Waals surface area contributed by atoms with E-state index in [1.165, 1.54) is 0 Å². The van der Waals surface area contributed by atoms with E-state index in [9.17, 15) is 14.4 Å². The smallest absolute Gasteiger partial charge is 0.410 e. The number of carbonyl (C=O) groups excluding carboxylic acids is 3. The molecule has 236 valence electrons. The summed E-state index contributed by atoms with van der Waals surface area (Å²) in [6.07, 6.45) is 2.91. The molecule has 3 heterocycles. The number of ether oxygens (including phenoxy) is 3.